The molecule has 0 bridgehead atoms. The number of hydrogen-bond donors (Lipinski definition) is 0. The minimum absolute atomic E-state index is 0.722. The Hall–Kier alpha value is -2.36. The minimum Gasteiger partial charge on any atom is -0.493 e. The van der Waals surface area contributed by atoms with Crippen LogP contribution in [-0.2, 0) is 12.8 Å². The zero-order chi connectivity index (χ0) is 13.1. The number of rotatable bonds is 0. The Bertz CT molecular complexity index is 801. The highest BCUT2D eigenvalue weighted by Gasteiger charge is 2.18. The first-order valence-electron chi connectivity index (χ1n) is 6.89. The first kappa shape index (κ1) is 10.4. The molecule has 98 valence electrons. The van der Waals surface area contributed by atoms with Gasteiger partial charge in [-0.3, -0.25) is 4.98 Å². The van der Waals surface area contributed by atoms with Crippen LogP contribution in [0.1, 0.15) is 11.1 Å². The van der Waals surface area contributed by atoms with Gasteiger partial charge in [0.05, 0.1) is 18.7 Å². The molecular weight excluding hydrogens is 252 g/mol. The second-order valence-electron chi connectivity index (χ2n) is 5.32. The quantitative estimate of drug-likeness (QED) is 0.585. The van der Waals surface area contributed by atoms with Crippen molar-refractivity contribution in [3.8, 4) is 11.6 Å². The van der Waals surface area contributed by atoms with Crippen LogP contribution in [0, 0.1) is 0 Å². The monoisotopic (exact) mass is 264 g/mol. The summed E-state index contributed by atoms with van der Waals surface area (Å²) in [5.74, 6) is 1.75. The van der Waals surface area contributed by atoms with Crippen LogP contribution in [0.4, 0.5) is 0 Å². The van der Waals surface area contributed by atoms with Gasteiger partial charge < -0.3 is 9.47 Å². The lowest BCUT2D eigenvalue weighted by atomic mass is 10.0. The predicted molar refractivity (Wildman–Crippen MR) is 75.4 cm³/mol. The van der Waals surface area contributed by atoms with Gasteiger partial charge in [0.15, 0.2) is 0 Å². The fourth-order valence-corrected chi connectivity index (χ4v) is 3.08. The van der Waals surface area contributed by atoms with Crippen molar-refractivity contribution in [2.45, 2.75) is 12.8 Å². The van der Waals surface area contributed by atoms with Crippen molar-refractivity contribution in [3.63, 3.8) is 0 Å². The van der Waals surface area contributed by atoms with E-state index in [4.69, 9.17) is 9.47 Å². The van der Waals surface area contributed by atoms with Gasteiger partial charge in [-0.2, -0.15) is 0 Å². The molecule has 5 rings (SSSR count). The van der Waals surface area contributed by atoms with Gasteiger partial charge >= 0.3 is 0 Å². The van der Waals surface area contributed by atoms with Gasteiger partial charge in [-0.15, -0.1) is 0 Å². The average molecular weight is 264 g/mol. The third-order valence-corrected chi connectivity index (χ3v) is 4.11. The Morgan fingerprint density at radius 1 is 0.950 bits per heavy atom. The normalized spacial score (nSPS) is 16.0. The van der Waals surface area contributed by atoms with Crippen LogP contribution in [-0.4, -0.2) is 23.2 Å². The Morgan fingerprint density at radius 3 is 2.85 bits per heavy atom. The van der Waals surface area contributed by atoms with Crippen molar-refractivity contribution in [1.29, 1.82) is 0 Å². The predicted octanol–water partition coefficient (Wildman–Crippen LogP) is 2.65. The molecule has 4 heteroatoms. The van der Waals surface area contributed by atoms with Gasteiger partial charge in [0.2, 0.25) is 5.88 Å². The lowest BCUT2D eigenvalue weighted by Gasteiger charge is -2.07. The van der Waals surface area contributed by atoms with Gasteiger partial charge in [-0.1, -0.05) is 0 Å². The molecule has 0 saturated heterocycles. The molecule has 4 nitrogen and oxygen atoms in total. The molecule has 3 aromatic rings. The lowest BCUT2D eigenvalue weighted by molar-refractivity contribution is 0.346. The molecule has 0 saturated carbocycles. The van der Waals surface area contributed by atoms with E-state index >= 15 is 0 Å². The molecule has 0 amide bonds. The van der Waals surface area contributed by atoms with E-state index < -0.39 is 0 Å². The summed E-state index contributed by atoms with van der Waals surface area (Å²) in [5.41, 5.74) is 4.29. The summed E-state index contributed by atoms with van der Waals surface area (Å²) < 4.78 is 11.2. The zero-order valence-corrected chi connectivity index (χ0v) is 10.8. The van der Waals surface area contributed by atoms with Crippen LogP contribution in [0.5, 0.6) is 11.6 Å². The van der Waals surface area contributed by atoms with E-state index in [9.17, 15) is 0 Å². The van der Waals surface area contributed by atoms with Crippen LogP contribution in [0.15, 0.2) is 24.4 Å². The molecule has 0 spiro atoms. The number of fused-ring (bicyclic) bond motifs is 5. The van der Waals surface area contributed by atoms with E-state index in [1.807, 2.05) is 6.20 Å². The zero-order valence-electron chi connectivity index (χ0n) is 10.8. The third-order valence-electron chi connectivity index (χ3n) is 4.11. The maximum atomic E-state index is 5.62. The molecule has 2 aromatic heterocycles. The fourth-order valence-electron chi connectivity index (χ4n) is 3.08. The number of aromatic nitrogens is 2. The summed E-state index contributed by atoms with van der Waals surface area (Å²) in [6.07, 6.45) is 3.80. The van der Waals surface area contributed by atoms with Gasteiger partial charge in [-0.25, -0.2) is 4.98 Å². The van der Waals surface area contributed by atoms with Crippen molar-refractivity contribution in [2.24, 2.45) is 0 Å². The summed E-state index contributed by atoms with van der Waals surface area (Å²) in [6.45, 7) is 1.49. The Labute approximate surface area is 115 Å². The number of pyridine rings is 2. The number of nitrogens with zero attached hydrogens (tertiary/aromatic N) is 2. The maximum absolute atomic E-state index is 5.62. The van der Waals surface area contributed by atoms with Crippen LogP contribution >= 0.6 is 0 Å². The van der Waals surface area contributed by atoms with Gasteiger partial charge in [0.1, 0.15) is 11.3 Å². The van der Waals surface area contributed by atoms with Gasteiger partial charge in [-0.05, 0) is 23.8 Å². The summed E-state index contributed by atoms with van der Waals surface area (Å²) in [6, 6.07) is 6.36. The lowest BCUT2D eigenvalue weighted by Crippen LogP contribution is -1.91. The van der Waals surface area contributed by atoms with Crippen molar-refractivity contribution < 1.29 is 9.47 Å². The number of ether oxygens (including phenoxy) is 2. The highest BCUT2D eigenvalue weighted by atomic mass is 16.5. The topological polar surface area (TPSA) is 44.2 Å². The second kappa shape index (κ2) is 3.60. The SMILES string of the molecule is c1nc2cc3c(nc2c2cc4c(cc12)OCC4)OCC3. The Kier molecular flexibility index (Phi) is 1.88. The van der Waals surface area contributed by atoms with E-state index in [1.165, 1.54) is 5.56 Å². The number of benzene rings is 1. The largest absolute Gasteiger partial charge is 0.493 e. The van der Waals surface area contributed by atoms with Crippen LogP contribution in [0.2, 0.25) is 0 Å². The number of hydrogen-bond acceptors (Lipinski definition) is 4. The van der Waals surface area contributed by atoms with Crippen molar-refractivity contribution in [2.75, 3.05) is 13.2 Å². The molecule has 0 unspecified atom stereocenters. The van der Waals surface area contributed by atoms with Crippen LogP contribution in [0.3, 0.4) is 0 Å². The first-order chi connectivity index (χ1) is 9.88. The molecule has 20 heavy (non-hydrogen) atoms. The van der Waals surface area contributed by atoms with E-state index in [0.29, 0.717) is 0 Å². The summed E-state index contributed by atoms with van der Waals surface area (Å²) in [5, 5.41) is 2.21. The molecule has 4 heterocycles. The van der Waals surface area contributed by atoms with E-state index in [0.717, 1.165) is 65.1 Å². The molecular formula is C16H12N2O2. The first-order valence-corrected chi connectivity index (χ1v) is 6.89. The molecule has 0 radical (unpaired) electrons. The average Bonchev–Trinajstić information content (AvgIpc) is 3.10. The maximum Gasteiger partial charge on any atom is 0.217 e. The summed E-state index contributed by atoms with van der Waals surface area (Å²) in [4.78, 5) is 9.22. The van der Waals surface area contributed by atoms with E-state index in [1.54, 1.807) is 0 Å². The third kappa shape index (κ3) is 1.31. The second-order valence-corrected chi connectivity index (χ2v) is 5.32. The molecule has 2 aliphatic rings. The molecule has 0 atom stereocenters. The van der Waals surface area contributed by atoms with Gasteiger partial charge in [0.25, 0.3) is 0 Å². The van der Waals surface area contributed by atoms with Crippen molar-refractivity contribution in [1.82, 2.24) is 9.97 Å². The molecule has 0 fully saturated rings. The smallest absolute Gasteiger partial charge is 0.217 e. The molecule has 2 aliphatic heterocycles. The molecule has 0 N–H and O–H groups in total. The molecule has 0 aliphatic carbocycles. The fraction of sp³-hybridized carbons (Fsp3) is 0.250. The van der Waals surface area contributed by atoms with E-state index in [-0.39, 0.29) is 0 Å². The van der Waals surface area contributed by atoms with Crippen LogP contribution < -0.4 is 9.47 Å². The summed E-state index contributed by atoms with van der Waals surface area (Å²) in [7, 11) is 0. The van der Waals surface area contributed by atoms with Crippen molar-refractivity contribution in [3.05, 3.63) is 35.5 Å². The Balaban J connectivity index is 1.90. The van der Waals surface area contributed by atoms with Gasteiger partial charge in [0, 0.05) is 35.4 Å². The highest BCUT2D eigenvalue weighted by molar-refractivity contribution is 6.04. The van der Waals surface area contributed by atoms with Crippen molar-refractivity contribution >= 4 is 21.8 Å². The Morgan fingerprint density at radius 2 is 1.85 bits per heavy atom. The van der Waals surface area contributed by atoms with E-state index in [2.05, 4.69) is 28.2 Å². The highest BCUT2D eigenvalue weighted by Crippen LogP contribution is 2.34. The summed E-state index contributed by atoms with van der Waals surface area (Å²) >= 11 is 0. The van der Waals surface area contributed by atoms with Crippen LogP contribution in [0.25, 0.3) is 21.8 Å². The molecule has 1 aromatic carbocycles. The minimum atomic E-state index is 0.722. The standard InChI is InChI=1S/C16H12N2O2/c1-3-19-14-7-11-8-17-13-6-10-2-4-20-16(10)18-15(13)12(11)5-9(1)14/h5-8H,1-4H2.